The van der Waals surface area contributed by atoms with E-state index in [1.165, 1.54) is 13.2 Å². The molecule has 0 heterocycles. The maximum absolute atomic E-state index is 13.1. The summed E-state index contributed by atoms with van der Waals surface area (Å²) in [5.74, 6) is -0.708. The van der Waals surface area contributed by atoms with Gasteiger partial charge in [-0.1, -0.05) is 0 Å². The number of hydrogen-bond donors (Lipinski definition) is 0. The van der Waals surface area contributed by atoms with Gasteiger partial charge in [0.2, 0.25) is 0 Å². The summed E-state index contributed by atoms with van der Waals surface area (Å²) in [6.45, 7) is 0. The number of ether oxygens (including phenoxy) is 1. The highest BCUT2D eigenvalue weighted by atomic mass is 35.5. The summed E-state index contributed by atoms with van der Waals surface area (Å²) in [5, 5.41) is 7.68. The van der Waals surface area contributed by atoms with Crippen LogP contribution in [0, 0.1) is 17.1 Å². The summed E-state index contributed by atoms with van der Waals surface area (Å²) in [4.78, 5) is 10.8. The first-order valence-corrected chi connectivity index (χ1v) is 3.96. The summed E-state index contributed by atoms with van der Waals surface area (Å²) in [5.41, 5.74) is -0.638. The van der Waals surface area contributed by atoms with E-state index in [1.807, 2.05) is 0 Å². The van der Waals surface area contributed by atoms with Crippen LogP contribution in [0.1, 0.15) is 15.9 Å². The van der Waals surface area contributed by atoms with Crippen LogP contribution in [0.3, 0.4) is 0 Å². The van der Waals surface area contributed by atoms with Crippen LogP contribution in [0.2, 0.25) is 0 Å². The van der Waals surface area contributed by atoms with Gasteiger partial charge in [-0.2, -0.15) is 5.26 Å². The van der Waals surface area contributed by atoms with E-state index in [0.717, 1.165) is 6.07 Å². The number of benzene rings is 1. The highest BCUT2D eigenvalue weighted by Crippen LogP contribution is 2.25. The van der Waals surface area contributed by atoms with E-state index in [0.29, 0.717) is 0 Å². The van der Waals surface area contributed by atoms with Gasteiger partial charge in [0.15, 0.2) is 0 Å². The normalized spacial score (nSPS) is 9.29. The van der Waals surface area contributed by atoms with E-state index in [2.05, 4.69) is 0 Å². The molecule has 1 aromatic carbocycles. The first kappa shape index (κ1) is 10.5. The molecular weight excluding hydrogens is 209 g/mol. The molecule has 0 bridgehead atoms. The Hall–Kier alpha value is -1.60. The van der Waals surface area contributed by atoms with Gasteiger partial charge in [-0.15, -0.1) is 0 Å². The molecule has 0 aromatic heterocycles. The van der Waals surface area contributed by atoms with Gasteiger partial charge in [-0.3, -0.25) is 4.79 Å². The summed E-state index contributed by atoms with van der Waals surface area (Å²) in [6.07, 6.45) is 0. The van der Waals surface area contributed by atoms with Crippen LogP contribution in [0.25, 0.3) is 0 Å². The standard InChI is InChI=1S/C9H5ClFNO2/c1-14-7-3-2-6(11)8(9(10)13)5(7)4-12/h2-3H,1H3. The maximum Gasteiger partial charge on any atom is 0.256 e. The zero-order valence-corrected chi connectivity index (χ0v) is 7.93. The Labute approximate surface area is 84.7 Å². The lowest BCUT2D eigenvalue weighted by atomic mass is 10.1. The molecule has 14 heavy (non-hydrogen) atoms. The predicted molar refractivity (Wildman–Crippen MR) is 47.9 cm³/mol. The Balaban J connectivity index is 3.53. The number of methoxy groups -OCH3 is 1. The average Bonchev–Trinajstić information content (AvgIpc) is 2.16. The minimum absolute atomic E-state index is 0.123. The Morgan fingerprint density at radius 3 is 2.71 bits per heavy atom. The molecule has 0 atom stereocenters. The molecule has 1 aromatic rings. The van der Waals surface area contributed by atoms with Gasteiger partial charge in [-0.05, 0) is 23.7 Å². The number of nitriles is 1. The number of rotatable bonds is 2. The van der Waals surface area contributed by atoms with Crippen LogP contribution in [-0.4, -0.2) is 12.4 Å². The van der Waals surface area contributed by atoms with Crippen LogP contribution >= 0.6 is 11.6 Å². The van der Waals surface area contributed by atoms with Crippen molar-refractivity contribution < 1.29 is 13.9 Å². The lowest BCUT2D eigenvalue weighted by Gasteiger charge is -2.05. The largest absolute Gasteiger partial charge is 0.495 e. The third-order valence-electron chi connectivity index (χ3n) is 1.64. The third-order valence-corrected chi connectivity index (χ3v) is 1.83. The van der Waals surface area contributed by atoms with Crippen molar-refractivity contribution in [1.29, 1.82) is 5.26 Å². The van der Waals surface area contributed by atoms with Crippen LogP contribution in [0.5, 0.6) is 5.75 Å². The molecule has 0 saturated heterocycles. The summed E-state index contributed by atoms with van der Waals surface area (Å²) < 4.78 is 17.9. The number of halogens is 2. The van der Waals surface area contributed by atoms with Crippen LogP contribution in [-0.2, 0) is 0 Å². The Bertz CT molecular complexity index is 426. The fraction of sp³-hybridized carbons (Fsp3) is 0.111. The molecule has 3 nitrogen and oxygen atoms in total. The fourth-order valence-corrected chi connectivity index (χ4v) is 1.22. The van der Waals surface area contributed by atoms with Gasteiger partial charge in [0, 0.05) is 0 Å². The molecule has 5 heteroatoms. The van der Waals surface area contributed by atoms with Crippen molar-refractivity contribution in [3.8, 4) is 11.8 Å². The second-order valence-electron chi connectivity index (χ2n) is 2.39. The molecule has 1 rings (SSSR count). The third kappa shape index (κ3) is 1.68. The molecule has 0 saturated carbocycles. The van der Waals surface area contributed by atoms with E-state index < -0.39 is 16.6 Å². The topological polar surface area (TPSA) is 50.1 Å². The number of hydrogen-bond acceptors (Lipinski definition) is 3. The summed E-state index contributed by atoms with van der Waals surface area (Å²) >= 11 is 5.14. The lowest BCUT2D eigenvalue weighted by Crippen LogP contribution is -2.01. The van der Waals surface area contributed by atoms with Crippen molar-refractivity contribution in [2.75, 3.05) is 7.11 Å². The molecule has 0 N–H and O–H groups in total. The molecule has 72 valence electrons. The van der Waals surface area contributed by atoms with Crippen molar-refractivity contribution in [2.24, 2.45) is 0 Å². The number of carbonyl (C=O) groups is 1. The zero-order chi connectivity index (χ0) is 10.7. The van der Waals surface area contributed by atoms with Crippen molar-refractivity contribution in [3.05, 3.63) is 29.1 Å². The van der Waals surface area contributed by atoms with E-state index in [9.17, 15) is 9.18 Å². The quantitative estimate of drug-likeness (QED) is 0.707. The minimum atomic E-state index is -1.02. The predicted octanol–water partition coefficient (Wildman–Crippen LogP) is 2.08. The van der Waals surface area contributed by atoms with E-state index in [1.54, 1.807) is 6.07 Å². The van der Waals surface area contributed by atoms with Gasteiger partial charge in [0.25, 0.3) is 5.24 Å². The lowest BCUT2D eigenvalue weighted by molar-refractivity contribution is 0.107. The molecule has 0 fully saturated rings. The Morgan fingerprint density at radius 2 is 2.29 bits per heavy atom. The zero-order valence-electron chi connectivity index (χ0n) is 7.17. The second kappa shape index (κ2) is 4.07. The van der Waals surface area contributed by atoms with Crippen LogP contribution in [0.15, 0.2) is 12.1 Å². The maximum atomic E-state index is 13.1. The molecule has 0 aliphatic rings. The molecule has 0 amide bonds. The van der Waals surface area contributed by atoms with E-state index in [-0.39, 0.29) is 11.3 Å². The molecule has 0 aliphatic heterocycles. The minimum Gasteiger partial charge on any atom is -0.495 e. The van der Waals surface area contributed by atoms with E-state index in [4.69, 9.17) is 21.6 Å². The number of nitrogens with zero attached hydrogens (tertiary/aromatic N) is 1. The number of carbonyl (C=O) groups excluding carboxylic acids is 1. The molecule has 0 aliphatic carbocycles. The highest BCUT2D eigenvalue weighted by molar-refractivity contribution is 6.68. The molecular formula is C9H5ClFNO2. The first-order chi connectivity index (χ1) is 6.61. The summed E-state index contributed by atoms with van der Waals surface area (Å²) in [6, 6.07) is 3.95. The van der Waals surface area contributed by atoms with Crippen molar-refractivity contribution in [1.82, 2.24) is 0 Å². The van der Waals surface area contributed by atoms with Gasteiger partial charge < -0.3 is 4.74 Å². The SMILES string of the molecule is COc1ccc(F)c(C(=O)Cl)c1C#N. The molecule has 0 spiro atoms. The Kier molecular flexibility index (Phi) is 3.05. The van der Waals surface area contributed by atoms with Crippen molar-refractivity contribution in [2.45, 2.75) is 0 Å². The average molecular weight is 214 g/mol. The van der Waals surface area contributed by atoms with E-state index >= 15 is 0 Å². The van der Waals surface area contributed by atoms with Crippen LogP contribution < -0.4 is 4.74 Å². The van der Waals surface area contributed by atoms with Crippen molar-refractivity contribution >= 4 is 16.8 Å². The van der Waals surface area contributed by atoms with Gasteiger partial charge in [-0.25, -0.2) is 4.39 Å². The van der Waals surface area contributed by atoms with Crippen LogP contribution in [0.4, 0.5) is 4.39 Å². The first-order valence-electron chi connectivity index (χ1n) is 3.58. The summed E-state index contributed by atoms with van der Waals surface area (Å²) in [7, 11) is 1.32. The smallest absolute Gasteiger partial charge is 0.256 e. The van der Waals surface area contributed by atoms with Gasteiger partial charge in [0.1, 0.15) is 23.2 Å². The molecule has 0 unspecified atom stereocenters. The molecule has 0 radical (unpaired) electrons. The fourth-order valence-electron chi connectivity index (χ4n) is 1.03. The Morgan fingerprint density at radius 1 is 1.64 bits per heavy atom. The highest BCUT2D eigenvalue weighted by Gasteiger charge is 2.18. The van der Waals surface area contributed by atoms with Gasteiger partial charge in [0.05, 0.1) is 12.7 Å². The monoisotopic (exact) mass is 213 g/mol. The second-order valence-corrected chi connectivity index (χ2v) is 2.73. The van der Waals surface area contributed by atoms with Gasteiger partial charge >= 0.3 is 0 Å². The van der Waals surface area contributed by atoms with Crippen molar-refractivity contribution in [3.63, 3.8) is 0 Å².